The second-order valence-electron chi connectivity index (χ2n) is 13.8. The Morgan fingerprint density at radius 2 is 0.893 bits per heavy atom. The van der Waals surface area contributed by atoms with Crippen molar-refractivity contribution in [1.82, 2.24) is 9.55 Å². The van der Waals surface area contributed by atoms with Crippen molar-refractivity contribution in [3.05, 3.63) is 54.4 Å². The lowest BCUT2D eigenvalue weighted by Gasteiger charge is -2.31. The van der Waals surface area contributed by atoms with Crippen molar-refractivity contribution in [2.45, 2.75) is 13.3 Å². The SMILES string of the molecule is [B]c1c([B])c([B])c2c([B])c(-c3c4c([B])c([B])c([B])c([B])c4c(-c4ccc(-n5c(CC)nc6ccccc65)cc4)c4c([B])c([B])c([B])c(O)c34)c([B])c([B])c2c1[B]. The number of aromatic nitrogens is 2. The van der Waals surface area contributed by atoms with Crippen molar-refractivity contribution in [3.8, 4) is 33.7 Å². The number of para-hydroxylation sites is 2. The Hall–Kier alpha value is -4.50. The van der Waals surface area contributed by atoms with Gasteiger partial charge in [-0.15, -0.1) is 27.3 Å². The maximum Gasteiger partial charge on any atom is 0.118 e. The summed E-state index contributed by atoms with van der Waals surface area (Å²) in [4.78, 5) is 4.82. The summed E-state index contributed by atoms with van der Waals surface area (Å²) in [5, 5.41) is 13.2. The predicted molar refractivity (Wildman–Crippen MR) is 251 cm³/mol. The summed E-state index contributed by atoms with van der Waals surface area (Å²) >= 11 is 0. The fourth-order valence-corrected chi connectivity index (χ4v) is 8.01. The molecule has 0 unspecified atom stereocenters. The molecule has 0 atom stereocenters. The zero-order valence-corrected chi connectivity index (χ0v) is 30.3. The van der Waals surface area contributed by atoms with Gasteiger partial charge in [0.15, 0.2) is 0 Å². The Labute approximate surface area is 344 Å². The van der Waals surface area contributed by atoms with E-state index in [0.29, 0.717) is 22.9 Å². The average molecular weight is 678 g/mol. The van der Waals surface area contributed by atoms with Gasteiger partial charge in [0.1, 0.15) is 121 Å². The predicted octanol–water partition coefficient (Wildman–Crippen LogP) is -6.80. The van der Waals surface area contributed by atoms with Crippen molar-refractivity contribution in [3.63, 3.8) is 0 Å². The van der Waals surface area contributed by atoms with E-state index in [-0.39, 0.29) is 115 Å². The molecule has 56 heavy (non-hydrogen) atoms. The molecule has 7 aromatic carbocycles. The Morgan fingerprint density at radius 1 is 0.446 bits per heavy atom. The number of nitrogens with zero attached hydrogens (tertiary/aromatic N) is 2. The molecule has 228 valence electrons. The van der Waals surface area contributed by atoms with Gasteiger partial charge in [0, 0.05) is 17.5 Å². The van der Waals surface area contributed by atoms with Gasteiger partial charge >= 0.3 is 0 Å². The number of aromatic hydroxyl groups is 1. The van der Waals surface area contributed by atoms with Crippen LogP contribution in [0.25, 0.3) is 71.3 Å². The molecule has 1 aromatic heterocycles. The molecular formula is C39H14B14N2O. The molecule has 0 saturated heterocycles. The molecule has 0 bridgehead atoms. The molecule has 0 aliphatic heterocycles. The number of hydrogen-bond donors (Lipinski definition) is 1. The van der Waals surface area contributed by atoms with E-state index in [4.69, 9.17) is 115 Å². The molecule has 0 aliphatic carbocycles. The molecule has 0 spiro atoms. The fourth-order valence-electron chi connectivity index (χ4n) is 8.01. The largest absolute Gasteiger partial charge is 0.508 e. The highest BCUT2D eigenvalue weighted by molar-refractivity contribution is 6.74. The number of imidazole rings is 1. The molecular weight excluding hydrogens is 664 g/mol. The van der Waals surface area contributed by atoms with Gasteiger partial charge in [-0.05, 0) is 73.5 Å². The Morgan fingerprint density at radius 3 is 1.45 bits per heavy atom. The fraction of sp³-hybridized carbons (Fsp3) is 0.0513. The van der Waals surface area contributed by atoms with Gasteiger partial charge in [0.25, 0.3) is 0 Å². The topological polar surface area (TPSA) is 38.0 Å². The number of phenolic OH excluding ortho intramolecular Hbond substituents is 1. The van der Waals surface area contributed by atoms with Crippen molar-refractivity contribution >= 4 is 230 Å². The number of fused-ring (bicyclic) bond motifs is 4. The minimum Gasteiger partial charge on any atom is -0.508 e. The lowest BCUT2D eigenvalue weighted by molar-refractivity contribution is 0.486. The summed E-state index contributed by atoms with van der Waals surface area (Å²) in [5.41, 5.74) is 3.29. The molecule has 8 rings (SSSR count). The van der Waals surface area contributed by atoms with E-state index in [1.807, 2.05) is 55.5 Å². The van der Waals surface area contributed by atoms with Crippen LogP contribution >= 0.6 is 0 Å². The molecule has 17 heteroatoms. The third kappa shape index (κ3) is 5.14. The van der Waals surface area contributed by atoms with Crippen LogP contribution in [0, 0.1) is 0 Å². The zero-order valence-electron chi connectivity index (χ0n) is 30.3. The standard InChI is InChI=1S/C39H14B14N2O/c1-2-15-54-13-5-3-4-6-14(13)55(15)12-9-7-11(8-10-12)16-18-20(28(43)34(49)33(48)26(18)41)17(21-19(16)27(42)37(52)38(53)39(21)56)22-25(40)23-24(30(45)29(22)44)32(47)36(51)35(50)31(23)46/h3-10,56H,2H2,1H3. The number of rotatable bonds is 4. The summed E-state index contributed by atoms with van der Waals surface area (Å²) < 4.78 is 2.08. The highest BCUT2D eigenvalue weighted by Crippen LogP contribution is 2.43. The van der Waals surface area contributed by atoms with Crippen LogP contribution in [0.15, 0.2) is 48.5 Å². The molecule has 1 heterocycles. The van der Waals surface area contributed by atoms with E-state index in [0.717, 1.165) is 22.5 Å². The van der Waals surface area contributed by atoms with E-state index >= 15 is 0 Å². The van der Waals surface area contributed by atoms with Gasteiger partial charge in [-0.1, -0.05) is 80.4 Å². The Bertz CT molecular complexity index is 2990. The summed E-state index contributed by atoms with van der Waals surface area (Å²) in [5.74, 6) is 0.405. The molecule has 3 nitrogen and oxygen atoms in total. The van der Waals surface area contributed by atoms with Crippen LogP contribution in [-0.4, -0.2) is 125 Å². The second kappa shape index (κ2) is 13.6. The molecule has 0 aliphatic rings. The van der Waals surface area contributed by atoms with Crippen LogP contribution in [0.3, 0.4) is 0 Å². The molecule has 1 N–H and O–H groups in total. The summed E-state index contributed by atoms with van der Waals surface area (Å²) in [7, 11) is 92.8. The number of aryl methyl sites for hydroxylation is 1. The van der Waals surface area contributed by atoms with E-state index in [1.165, 1.54) is 0 Å². The van der Waals surface area contributed by atoms with Crippen molar-refractivity contribution in [2.75, 3.05) is 0 Å². The van der Waals surface area contributed by atoms with Crippen molar-refractivity contribution < 1.29 is 5.11 Å². The average Bonchev–Trinajstić information content (AvgIpc) is 3.58. The number of phenols is 1. The van der Waals surface area contributed by atoms with Crippen molar-refractivity contribution in [2.24, 2.45) is 0 Å². The number of hydrogen-bond acceptors (Lipinski definition) is 2. The van der Waals surface area contributed by atoms with Crippen LogP contribution in [0.1, 0.15) is 12.7 Å². The van der Waals surface area contributed by atoms with Crippen LogP contribution in [0.4, 0.5) is 0 Å². The van der Waals surface area contributed by atoms with Gasteiger partial charge in [-0.2, -0.15) is 0 Å². The molecule has 0 fully saturated rings. The van der Waals surface area contributed by atoms with Gasteiger partial charge in [-0.3, -0.25) is 4.57 Å². The van der Waals surface area contributed by atoms with Gasteiger partial charge in [0.2, 0.25) is 0 Å². The van der Waals surface area contributed by atoms with Crippen LogP contribution in [0.5, 0.6) is 5.75 Å². The highest BCUT2D eigenvalue weighted by Gasteiger charge is 2.28. The van der Waals surface area contributed by atoms with Gasteiger partial charge < -0.3 is 5.11 Å². The van der Waals surface area contributed by atoms with Crippen LogP contribution < -0.4 is 76.5 Å². The number of benzene rings is 7. The lowest BCUT2D eigenvalue weighted by atomic mass is 9.57. The lowest BCUT2D eigenvalue weighted by Crippen LogP contribution is -2.52. The van der Waals surface area contributed by atoms with Crippen LogP contribution in [0.2, 0.25) is 0 Å². The monoisotopic (exact) mass is 680 g/mol. The first-order valence-electron chi connectivity index (χ1n) is 17.3. The maximum absolute atomic E-state index is 12.1. The summed E-state index contributed by atoms with van der Waals surface area (Å²) in [6.07, 6.45) is 0.684. The summed E-state index contributed by atoms with van der Waals surface area (Å²) in [6.45, 7) is 2.04. The molecule has 28 radical (unpaired) electrons. The highest BCUT2D eigenvalue weighted by atomic mass is 16.3. The summed E-state index contributed by atoms with van der Waals surface area (Å²) in [6, 6.07) is 15.5. The Balaban J connectivity index is 1.60. The maximum atomic E-state index is 12.1. The minimum atomic E-state index is -0.464. The molecule has 0 saturated carbocycles. The normalized spacial score (nSPS) is 11.7. The molecule has 0 amide bonds. The quantitative estimate of drug-likeness (QED) is 0.149. The third-order valence-corrected chi connectivity index (χ3v) is 10.9. The van der Waals surface area contributed by atoms with Crippen LogP contribution in [-0.2, 0) is 6.42 Å². The van der Waals surface area contributed by atoms with E-state index in [1.54, 1.807) is 0 Å². The van der Waals surface area contributed by atoms with Crippen molar-refractivity contribution in [1.29, 1.82) is 0 Å². The molecule has 8 aromatic rings. The smallest absolute Gasteiger partial charge is 0.118 e. The Kier molecular flexibility index (Phi) is 9.30. The minimum absolute atomic E-state index is 0.000553. The first-order valence-corrected chi connectivity index (χ1v) is 17.3. The zero-order chi connectivity index (χ0) is 40.4. The van der Waals surface area contributed by atoms with E-state index in [2.05, 4.69) is 4.57 Å². The van der Waals surface area contributed by atoms with E-state index in [9.17, 15) is 5.11 Å². The van der Waals surface area contributed by atoms with E-state index < -0.39 is 5.75 Å². The first-order chi connectivity index (χ1) is 26.5. The van der Waals surface area contributed by atoms with Gasteiger partial charge in [-0.25, -0.2) is 4.98 Å². The second-order valence-corrected chi connectivity index (χ2v) is 13.8. The first kappa shape index (κ1) is 38.4. The third-order valence-electron chi connectivity index (χ3n) is 10.9. The van der Waals surface area contributed by atoms with Gasteiger partial charge in [0.05, 0.1) is 11.0 Å².